The number of carbonyl (C=O) groups excluding carboxylic acids is 1. The van der Waals surface area contributed by atoms with Crippen LogP contribution in [0.4, 0.5) is 0 Å². The lowest BCUT2D eigenvalue weighted by molar-refractivity contribution is 0.0633. The number of benzene rings is 3. The van der Waals surface area contributed by atoms with Gasteiger partial charge < -0.3 is 19.7 Å². The molecule has 128 valence electrons. The molecule has 1 heterocycles. The van der Waals surface area contributed by atoms with E-state index in [4.69, 9.17) is 9.47 Å². The predicted molar refractivity (Wildman–Crippen MR) is 95.0 cm³/mol. The van der Waals surface area contributed by atoms with E-state index < -0.39 is 5.60 Å². The second-order valence-corrected chi connectivity index (χ2v) is 6.44. The Bertz CT molecular complexity index is 1110. The summed E-state index contributed by atoms with van der Waals surface area (Å²) in [7, 11) is 0. The third-order valence-corrected chi connectivity index (χ3v) is 4.92. The van der Waals surface area contributed by atoms with Crippen LogP contribution in [0.3, 0.4) is 0 Å². The molecular weight excluding hydrogens is 332 g/mol. The number of hydrogen-bond acceptors (Lipinski definition) is 5. The molecule has 1 aliphatic carbocycles. The predicted octanol–water partition coefficient (Wildman–Crippen LogP) is 3.67. The van der Waals surface area contributed by atoms with Gasteiger partial charge >= 0.3 is 0 Å². The van der Waals surface area contributed by atoms with E-state index in [2.05, 4.69) is 0 Å². The van der Waals surface area contributed by atoms with Crippen molar-refractivity contribution < 1.29 is 24.5 Å². The zero-order valence-electron chi connectivity index (χ0n) is 13.6. The molecule has 0 amide bonds. The van der Waals surface area contributed by atoms with Crippen LogP contribution in [0.25, 0.3) is 10.8 Å². The zero-order chi connectivity index (χ0) is 17.9. The number of carbonyl (C=O) groups is 1. The standard InChI is InChI=1S/C21H14O5/c22-14-7-8-18-19-12(14)3-1-6-17(19)25-11-21(26-18)10-9-16(24)20-13(21)4-2-5-15(20)23/h1-10,22-23H,11H2. The molecule has 0 saturated heterocycles. The van der Waals surface area contributed by atoms with Crippen LogP contribution >= 0.6 is 0 Å². The van der Waals surface area contributed by atoms with Gasteiger partial charge in [0.2, 0.25) is 0 Å². The smallest absolute Gasteiger partial charge is 0.189 e. The van der Waals surface area contributed by atoms with Crippen LogP contribution in [0.2, 0.25) is 0 Å². The van der Waals surface area contributed by atoms with Gasteiger partial charge in [0, 0.05) is 10.9 Å². The van der Waals surface area contributed by atoms with E-state index in [0.29, 0.717) is 27.8 Å². The van der Waals surface area contributed by atoms with Gasteiger partial charge in [-0.2, -0.15) is 0 Å². The molecule has 0 aromatic heterocycles. The van der Waals surface area contributed by atoms with Gasteiger partial charge in [0.15, 0.2) is 11.4 Å². The Hall–Kier alpha value is -3.47. The Kier molecular flexibility index (Phi) is 2.86. The van der Waals surface area contributed by atoms with Gasteiger partial charge in [-0.25, -0.2) is 0 Å². The highest BCUT2D eigenvalue weighted by Crippen LogP contribution is 2.46. The minimum Gasteiger partial charge on any atom is -0.507 e. The van der Waals surface area contributed by atoms with Crippen LogP contribution in [0, 0.1) is 0 Å². The number of hydrogen-bond donors (Lipinski definition) is 2. The van der Waals surface area contributed by atoms with Gasteiger partial charge in [0.1, 0.15) is 29.6 Å². The summed E-state index contributed by atoms with van der Waals surface area (Å²) in [6, 6.07) is 13.6. The van der Waals surface area contributed by atoms with Crippen LogP contribution in [0.5, 0.6) is 23.0 Å². The average Bonchev–Trinajstić information content (AvgIpc) is 2.81. The largest absolute Gasteiger partial charge is 0.507 e. The van der Waals surface area contributed by atoms with E-state index >= 15 is 0 Å². The molecule has 0 fully saturated rings. The number of aromatic hydroxyl groups is 2. The summed E-state index contributed by atoms with van der Waals surface area (Å²) in [4.78, 5) is 12.3. The molecule has 0 radical (unpaired) electrons. The van der Waals surface area contributed by atoms with E-state index in [1.165, 1.54) is 12.1 Å². The summed E-state index contributed by atoms with van der Waals surface area (Å²) in [6.07, 6.45) is 3.07. The summed E-state index contributed by atoms with van der Waals surface area (Å²) in [5.41, 5.74) is -0.274. The highest BCUT2D eigenvalue weighted by molar-refractivity contribution is 6.09. The van der Waals surface area contributed by atoms with Crippen molar-refractivity contribution in [2.75, 3.05) is 6.61 Å². The maximum atomic E-state index is 12.3. The van der Waals surface area contributed by atoms with Crippen molar-refractivity contribution in [1.82, 2.24) is 0 Å². The lowest BCUT2D eigenvalue weighted by atomic mass is 9.83. The molecule has 26 heavy (non-hydrogen) atoms. The first-order valence-electron chi connectivity index (χ1n) is 8.22. The molecule has 0 saturated carbocycles. The summed E-state index contributed by atoms with van der Waals surface area (Å²) >= 11 is 0. The fraction of sp³-hybridized carbons (Fsp3) is 0.0952. The second kappa shape index (κ2) is 5.02. The number of rotatable bonds is 0. The van der Waals surface area contributed by atoms with E-state index in [0.717, 1.165) is 0 Å². The van der Waals surface area contributed by atoms with Crippen molar-refractivity contribution in [2.45, 2.75) is 5.60 Å². The number of phenols is 2. The van der Waals surface area contributed by atoms with Crippen LogP contribution in [-0.4, -0.2) is 22.6 Å². The molecule has 1 aliphatic heterocycles. The Morgan fingerprint density at radius 1 is 0.923 bits per heavy atom. The topological polar surface area (TPSA) is 76.0 Å². The quantitative estimate of drug-likeness (QED) is 0.649. The van der Waals surface area contributed by atoms with E-state index in [1.807, 2.05) is 6.07 Å². The maximum absolute atomic E-state index is 12.3. The minimum absolute atomic E-state index is 0.0857. The fourth-order valence-electron chi connectivity index (χ4n) is 3.69. The van der Waals surface area contributed by atoms with Crippen LogP contribution in [0.1, 0.15) is 15.9 Å². The first kappa shape index (κ1) is 14.8. The molecule has 5 nitrogen and oxygen atoms in total. The Morgan fingerprint density at radius 2 is 1.77 bits per heavy atom. The molecule has 2 N–H and O–H groups in total. The monoisotopic (exact) mass is 346 g/mol. The van der Waals surface area contributed by atoms with Crippen molar-refractivity contribution in [3.63, 3.8) is 0 Å². The van der Waals surface area contributed by atoms with Gasteiger partial charge in [-0.3, -0.25) is 4.79 Å². The van der Waals surface area contributed by atoms with Crippen LogP contribution in [0.15, 0.2) is 60.7 Å². The SMILES string of the molecule is O=C1C=CC2(COc3cccc4c(O)ccc(c34)O2)c2cccc(O)c21. The molecule has 2 aliphatic rings. The number of phenolic OH excluding ortho intramolecular Hbond substituents is 2. The molecule has 1 unspecified atom stereocenters. The highest BCUT2D eigenvalue weighted by Gasteiger charge is 2.42. The molecule has 3 aromatic carbocycles. The van der Waals surface area contributed by atoms with Crippen molar-refractivity contribution in [3.05, 3.63) is 71.8 Å². The van der Waals surface area contributed by atoms with Gasteiger partial charge in [-0.1, -0.05) is 24.3 Å². The Labute approximate surface area is 148 Å². The summed E-state index contributed by atoms with van der Waals surface area (Å²) in [6.45, 7) is 0.127. The van der Waals surface area contributed by atoms with Crippen molar-refractivity contribution in [3.8, 4) is 23.0 Å². The van der Waals surface area contributed by atoms with E-state index in [9.17, 15) is 15.0 Å². The molecule has 5 heteroatoms. The Morgan fingerprint density at radius 3 is 2.65 bits per heavy atom. The summed E-state index contributed by atoms with van der Waals surface area (Å²) in [5.74, 6) is 0.917. The number of ether oxygens (including phenoxy) is 2. The molecule has 1 spiro atoms. The minimum atomic E-state index is -1.05. The highest BCUT2D eigenvalue weighted by atomic mass is 16.6. The first-order chi connectivity index (χ1) is 12.6. The average molecular weight is 346 g/mol. The van der Waals surface area contributed by atoms with E-state index in [1.54, 1.807) is 42.5 Å². The molecule has 1 atom stereocenters. The van der Waals surface area contributed by atoms with Crippen LogP contribution in [-0.2, 0) is 5.60 Å². The second-order valence-electron chi connectivity index (χ2n) is 6.44. The van der Waals surface area contributed by atoms with Gasteiger partial charge in [0.25, 0.3) is 0 Å². The normalized spacial score (nSPS) is 20.4. The lowest BCUT2D eigenvalue weighted by Crippen LogP contribution is -2.40. The van der Waals surface area contributed by atoms with E-state index in [-0.39, 0.29) is 29.5 Å². The zero-order valence-corrected chi connectivity index (χ0v) is 13.6. The third-order valence-electron chi connectivity index (χ3n) is 4.92. The fourth-order valence-corrected chi connectivity index (χ4v) is 3.69. The molecule has 0 bridgehead atoms. The van der Waals surface area contributed by atoms with Gasteiger partial charge in [-0.15, -0.1) is 0 Å². The van der Waals surface area contributed by atoms with Crippen molar-refractivity contribution in [2.24, 2.45) is 0 Å². The molecule has 3 aromatic rings. The first-order valence-corrected chi connectivity index (χ1v) is 8.22. The van der Waals surface area contributed by atoms with Crippen molar-refractivity contribution >= 4 is 16.6 Å². The Balaban J connectivity index is 1.77. The van der Waals surface area contributed by atoms with Gasteiger partial charge in [-0.05, 0) is 36.4 Å². The number of allylic oxidation sites excluding steroid dienone is 1. The summed E-state index contributed by atoms with van der Waals surface area (Å²) < 4.78 is 12.4. The summed E-state index contributed by atoms with van der Waals surface area (Å²) in [5, 5.41) is 21.7. The van der Waals surface area contributed by atoms with Crippen molar-refractivity contribution in [1.29, 1.82) is 0 Å². The number of fused-ring (bicyclic) bond motifs is 2. The van der Waals surface area contributed by atoms with Crippen LogP contribution < -0.4 is 9.47 Å². The lowest BCUT2D eigenvalue weighted by Gasteiger charge is -2.33. The number of ketones is 1. The molecule has 5 rings (SSSR count). The third kappa shape index (κ3) is 1.88. The molecular formula is C21H14O5. The van der Waals surface area contributed by atoms with Gasteiger partial charge in [0.05, 0.1) is 10.9 Å². The maximum Gasteiger partial charge on any atom is 0.189 e.